The first-order valence-electron chi connectivity index (χ1n) is 6.51. The summed E-state index contributed by atoms with van der Waals surface area (Å²) >= 11 is 0. The Labute approximate surface area is 122 Å². The number of amides is 2. The predicted octanol–water partition coefficient (Wildman–Crippen LogP) is 1.44. The minimum atomic E-state index is -0.892. The van der Waals surface area contributed by atoms with Gasteiger partial charge >= 0.3 is 6.03 Å². The predicted molar refractivity (Wildman–Crippen MR) is 81.6 cm³/mol. The van der Waals surface area contributed by atoms with Crippen LogP contribution in [0.2, 0.25) is 0 Å². The van der Waals surface area contributed by atoms with Crippen LogP contribution in [0.3, 0.4) is 0 Å². The van der Waals surface area contributed by atoms with E-state index in [2.05, 4.69) is 10.6 Å². The third-order valence-corrected chi connectivity index (χ3v) is 3.35. The first-order chi connectivity index (χ1) is 9.47. The average Bonchev–Trinajstić information content (AvgIpc) is 2.37. The van der Waals surface area contributed by atoms with Crippen LogP contribution in [0, 0.1) is 6.92 Å². The van der Waals surface area contributed by atoms with E-state index >= 15 is 0 Å². The van der Waals surface area contributed by atoms with Crippen molar-refractivity contribution in [2.45, 2.75) is 19.9 Å². The summed E-state index contributed by atoms with van der Waals surface area (Å²) in [6.45, 7) is 4.68. The molecule has 5 nitrogen and oxygen atoms in total. The molecule has 0 unspecified atom stereocenters. The molecule has 1 aromatic carbocycles. The molecule has 0 saturated heterocycles. The highest BCUT2D eigenvalue weighted by Crippen LogP contribution is 2.11. The van der Waals surface area contributed by atoms with Crippen molar-refractivity contribution in [3.8, 4) is 5.75 Å². The van der Waals surface area contributed by atoms with Gasteiger partial charge in [0.2, 0.25) is 0 Å². The van der Waals surface area contributed by atoms with Crippen molar-refractivity contribution in [2.75, 3.05) is 25.2 Å². The molecule has 0 saturated carbocycles. The highest BCUT2D eigenvalue weighted by molar-refractivity contribution is 7.84. The lowest BCUT2D eigenvalue weighted by atomic mass is 10.2. The molecule has 0 bridgehead atoms. The zero-order chi connectivity index (χ0) is 15.0. The summed E-state index contributed by atoms with van der Waals surface area (Å²) in [5, 5.41) is 5.41. The molecule has 0 aliphatic heterocycles. The van der Waals surface area contributed by atoms with Crippen molar-refractivity contribution in [2.24, 2.45) is 0 Å². The third-order valence-electron chi connectivity index (χ3n) is 2.57. The molecule has 0 heterocycles. The lowest BCUT2D eigenvalue weighted by molar-refractivity contribution is 0.227. The Balaban J connectivity index is 2.22. The van der Waals surface area contributed by atoms with E-state index in [1.54, 1.807) is 6.26 Å². The van der Waals surface area contributed by atoms with E-state index in [9.17, 15) is 9.00 Å². The maximum absolute atomic E-state index is 11.5. The largest absolute Gasteiger partial charge is 0.491 e. The average molecular weight is 298 g/mol. The number of benzene rings is 1. The zero-order valence-corrected chi connectivity index (χ0v) is 13.0. The molecular formula is C14H22N2O3S. The van der Waals surface area contributed by atoms with Gasteiger partial charge in [-0.15, -0.1) is 0 Å². The Bertz CT molecular complexity index is 448. The lowest BCUT2D eigenvalue weighted by Gasteiger charge is -2.15. The van der Waals surface area contributed by atoms with Gasteiger partial charge in [0.15, 0.2) is 0 Å². The number of nitrogens with one attached hydrogen (secondary N) is 2. The summed E-state index contributed by atoms with van der Waals surface area (Å²) in [5.74, 6) is 1.24. The first-order valence-corrected chi connectivity index (χ1v) is 8.24. The molecule has 0 radical (unpaired) electrons. The van der Waals surface area contributed by atoms with Crippen molar-refractivity contribution in [1.29, 1.82) is 0 Å². The van der Waals surface area contributed by atoms with Gasteiger partial charge in [-0.1, -0.05) is 17.7 Å². The number of hydrogen-bond donors (Lipinski definition) is 2. The van der Waals surface area contributed by atoms with Crippen LogP contribution in [-0.4, -0.2) is 41.4 Å². The highest BCUT2D eigenvalue weighted by atomic mass is 32.2. The number of carbonyl (C=O) groups is 1. The molecule has 2 amide bonds. The minimum absolute atomic E-state index is 0.108. The molecule has 1 aromatic rings. The first kappa shape index (κ1) is 16.5. The summed E-state index contributed by atoms with van der Waals surface area (Å²) in [5.41, 5.74) is 1.18. The minimum Gasteiger partial charge on any atom is -0.491 e. The van der Waals surface area contributed by atoms with Crippen LogP contribution in [0.25, 0.3) is 0 Å². The molecular weight excluding hydrogens is 276 g/mol. The van der Waals surface area contributed by atoms with Crippen molar-refractivity contribution in [3.63, 3.8) is 0 Å². The summed E-state index contributed by atoms with van der Waals surface area (Å²) in [6, 6.07) is 7.38. The van der Waals surface area contributed by atoms with Gasteiger partial charge in [-0.3, -0.25) is 4.21 Å². The molecule has 0 aliphatic rings. The van der Waals surface area contributed by atoms with Gasteiger partial charge < -0.3 is 15.4 Å². The third kappa shape index (κ3) is 7.13. The second kappa shape index (κ2) is 8.58. The van der Waals surface area contributed by atoms with Crippen LogP contribution in [0.1, 0.15) is 12.5 Å². The molecule has 0 fully saturated rings. The summed E-state index contributed by atoms with van der Waals surface area (Å²) in [4.78, 5) is 11.5. The quantitative estimate of drug-likeness (QED) is 0.800. The summed E-state index contributed by atoms with van der Waals surface area (Å²) < 4.78 is 16.4. The normalized spacial score (nSPS) is 13.3. The Morgan fingerprint density at radius 3 is 2.60 bits per heavy atom. The number of ether oxygens (including phenoxy) is 1. The van der Waals surface area contributed by atoms with E-state index in [-0.39, 0.29) is 12.1 Å². The van der Waals surface area contributed by atoms with E-state index in [0.717, 1.165) is 5.75 Å². The van der Waals surface area contributed by atoms with Crippen molar-refractivity contribution in [3.05, 3.63) is 29.8 Å². The monoisotopic (exact) mass is 298 g/mol. The van der Waals surface area contributed by atoms with Crippen molar-refractivity contribution < 1.29 is 13.7 Å². The number of urea groups is 1. The van der Waals surface area contributed by atoms with Crippen LogP contribution in [-0.2, 0) is 10.8 Å². The van der Waals surface area contributed by atoms with Gasteiger partial charge in [0.25, 0.3) is 0 Å². The van der Waals surface area contributed by atoms with Crippen LogP contribution in [0.4, 0.5) is 4.79 Å². The molecule has 112 valence electrons. The van der Waals surface area contributed by atoms with Crippen LogP contribution in [0.5, 0.6) is 5.75 Å². The second-order valence-electron chi connectivity index (χ2n) is 4.70. The van der Waals surface area contributed by atoms with E-state index in [1.165, 1.54) is 5.56 Å². The number of carbonyl (C=O) groups excluding carboxylic acids is 1. The molecule has 1 rings (SSSR count). The molecule has 0 aliphatic carbocycles. The van der Waals surface area contributed by atoms with Crippen molar-refractivity contribution in [1.82, 2.24) is 10.6 Å². The van der Waals surface area contributed by atoms with Crippen LogP contribution >= 0.6 is 0 Å². The Hall–Kier alpha value is -1.56. The zero-order valence-electron chi connectivity index (χ0n) is 12.1. The summed E-state index contributed by atoms with van der Waals surface area (Å²) in [6.07, 6.45) is 1.61. The molecule has 20 heavy (non-hydrogen) atoms. The maximum Gasteiger partial charge on any atom is 0.315 e. The maximum atomic E-state index is 11.5. The van der Waals surface area contributed by atoms with Crippen molar-refractivity contribution >= 4 is 16.8 Å². The smallest absolute Gasteiger partial charge is 0.315 e. The standard InChI is InChI=1S/C14H22N2O3S/c1-11-4-6-13(7-5-11)19-10-12(2)16-14(17)15-8-9-20(3)18/h4-7,12H,8-10H2,1-3H3,(H2,15,16,17)/t12-,20-/m1/s1. The fraction of sp³-hybridized carbons (Fsp3) is 0.500. The highest BCUT2D eigenvalue weighted by Gasteiger charge is 2.07. The van der Waals surface area contributed by atoms with E-state index in [0.29, 0.717) is 18.9 Å². The Morgan fingerprint density at radius 1 is 1.35 bits per heavy atom. The fourth-order valence-electron chi connectivity index (χ4n) is 1.48. The summed E-state index contributed by atoms with van der Waals surface area (Å²) in [7, 11) is -0.892. The SMILES string of the molecule is Cc1ccc(OC[C@@H](C)NC(=O)NCC[S@@](C)=O)cc1. The molecule has 6 heteroatoms. The lowest BCUT2D eigenvalue weighted by Crippen LogP contribution is -2.44. The van der Waals surface area contributed by atoms with E-state index in [4.69, 9.17) is 4.74 Å². The van der Waals surface area contributed by atoms with E-state index < -0.39 is 10.8 Å². The van der Waals surface area contributed by atoms with Gasteiger partial charge in [0.1, 0.15) is 12.4 Å². The fourth-order valence-corrected chi connectivity index (χ4v) is 1.87. The Morgan fingerprint density at radius 2 is 2.00 bits per heavy atom. The van der Waals surface area contributed by atoms with Crippen LogP contribution in [0.15, 0.2) is 24.3 Å². The van der Waals surface area contributed by atoms with Gasteiger partial charge in [-0.2, -0.15) is 0 Å². The number of aryl methyl sites for hydroxylation is 1. The van der Waals surface area contributed by atoms with Gasteiger partial charge in [-0.25, -0.2) is 4.79 Å². The van der Waals surface area contributed by atoms with Gasteiger partial charge in [-0.05, 0) is 26.0 Å². The second-order valence-corrected chi connectivity index (χ2v) is 6.26. The van der Waals surface area contributed by atoms with E-state index in [1.807, 2.05) is 38.1 Å². The molecule has 0 aromatic heterocycles. The molecule has 2 atom stereocenters. The number of rotatable bonds is 7. The Kier molecular flexibility index (Phi) is 7.08. The van der Waals surface area contributed by atoms with Gasteiger partial charge in [0.05, 0.1) is 6.04 Å². The van der Waals surface area contributed by atoms with Crippen LogP contribution < -0.4 is 15.4 Å². The van der Waals surface area contributed by atoms with Gasteiger partial charge in [0, 0.05) is 29.4 Å². The molecule has 0 spiro atoms. The molecule has 2 N–H and O–H groups in total. The topological polar surface area (TPSA) is 67.4 Å². The number of hydrogen-bond acceptors (Lipinski definition) is 3.